The number of nitrogens with two attached hydrogens (primary N) is 1. The Labute approximate surface area is 74.4 Å². The van der Waals surface area contributed by atoms with Crippen LogP contribution in [0.4, 0.5) is 0 Å². The molecule has 0 spiro atoms. The van der Waals surface area contributed by atoms with Crippen molar-refractivity contribution in [2.75, 3.05) is 0 Å². The summed E-state index contributed by atoms with van der Waals surface area (Å²) in [5.74, 6) is 7.02. The van der Waals surface area contributed by atoms with Gasteiger partial charge in [-0.3, -0.25) is 4.99 Å². The van der Waals surface area contributed by atoms with Crippen molar-refractivity contribution in [2.45, 2.75) is 45.6 Å². The summed E-state index contributed by atoms with van der Waals surface area (Å²) >= 11 is 0. The Hall–Kier alpha value is -0.570. The van der Waals surface area contributed by atoms with Crippen LogP contribution in [0.15, 0.2) is 4.99 Å². The number of amidine groups is 1. The molecule has 1 saturated carbocycles. The lowest BCUT2D eigenvalue weighted by atomic mass is 10.1. The Morgan fingerprint density at radius 1 is 1.42 bits per heavy atom. The number of rotatable bonds is 2. The average molecular weight is 169 g/mol. The van der Waals surface area contributed by atoms with E-state index in [1.54, 1.807) is 0 Å². The molecule has 1 rings (SSSR count). The maximum atomic E-state index is 5.42. The monoisotopic (exact) mass is 169 g/mol. The van der Waals surface area contributed by atoms with Crippen LogP contribution in [0, 0.1) is 5.92 Å². The van der Waals surface area contributed by atoms with E-state index in [2.05, 4.69) is 24.3 Å². The van der Waals surface area contributed by atoms with Crippen LogP contribution in [0.5, 0.6) is 0 Å². The fraction of sp³-hybridized carbons (Fsp3) is 0.889. The van der Waals surface area contributed by atoms with Crippen LogP contribution >= 0.6 is 0 Å². The highest BCUT2D eigenvalue weighted by Crippen LogP contribution is 2.25. The van der Waals surface area contributed by atoms with E-state index in [1.165, 1.54) is 25.7 Å². The standard InChI is InChI=1S/C9H19N3/c1-7(2)11-9(12-10)8-5-3-4-6-8/h7-8H,3-6,10H2,1-2H3,(H,11,12). The third kappa shape index (κ3) is 2.48. The minimum Gasteiger partial charge on any atom is -0.312 e. The largest absolute Gasteiger partial charge is 0.312 e. The summed E-state index contributed by atoms with van der Waals surface area (Å²) in [7, 11) is 0. The zero-order chi connectivity index (χ0) is 8.97. The van der Waals surface area contributed by atoms with Gasteiger partial charge >= 0.3 is 0 Å². The van der Waals surface area contributed by atoms with Crippen LogP contribution in [0.1, 0.15) is 39.5 Å². The maximum absolute atomic E-state index is 5.42. The molecule has 0 aromatic heterocycles. The van der Waals surface area contributed by atoms with Gasteiger partial charge in [0.25, 0.3) is 0 Å². The molecule has 0 bridgehead atoms. The second-order valence-corrected chi connectivity index (χ2v) is 3.73. The first-order chi connectivity index (χ1) is 5.74. The molecule has 0 atom stereocenters. The summed E-state index contributed by atoms with van der Waals surface area (Å²) < 4.78 is 0. The van der Waals surface area contributed by atoms with Gasteiger partial charge in [0.15, 0.2) is 0 Å². The smallest absolute Gasteiger partial charge is 0.114 e. The highest BCUT2D eigenvalue weighted by molar-refractivity contribution is 5.84. The molecule has 0 amide bonds. The van der Waals surface area contributed by atoms with Crippen molar-refractivity contribution >= 4 is 5.84 Å². The zero-order valence-electron chi connectivity index (χ0n) is 8.01. The van der Waals surface area contributed by atoms with Crippen molar-refractivity contribution in [2.24, 2.45) is 16.8 Å². The van der Waals surface area contributed by atoms with Gasteiger partial charge < -0.3 is 5.43 Å². The van der Waals surface area contributed by atoms with E-state index >= 15 is 0 Å². The number of hydrazine groups is 1. The molecular formula is C9H19N3. The van der Waals surface area contributed by atoms with E-state index in [9.17, 15) is 0 Å². The van der Waals surface area contributed by atoms with Crippen LogP contribution in [-0.4, -0.2) is 11.9 Å². The average Bonchev–Trinajstić information content (AvgIpc) is 2.51. The van der Waals surface area contributed by atoms with Crippen molar-refractivity contribution in [1.82, 2.24) is 5.43 Å². The van der Waals surface area contributed by atoms with E-state index in [0.29, 0.717) is 12.0 Å². The lowest BCUT2D eigenvalue weighted by Gasteiger charge is -2.13. The van der Waals surface area contributed by atoms with Gasteiger partial charge in [-0.1, -0.05) is 12.8 Å². The summed E-state index contributed by atoms with van der Waals surface area (Å²) in [6, 6.07) is 0.344. The van der Waals surface area contributed by atoms with Crippen molar-refractivity contribution < 1.29 is 0 Å². The van der Waals surface area contributed by atoms with Gasteiger partial charge in [-0.15, -0.1) is 0 Å². The van der Waals surface area contributed by atoms with E-state index < -0.39 is 0 Å². The van der Waals surface area contributed by atoms with Crippen LogP contribution in [0.3, 0.4) is 0 Å². The molecule has 1 aliphatic rings. The summed E-state index contributed by atoms with van der Waals surface area (Å²) in [5, 5.41) is 0. The molecule has 3 nitrogen and oxygen atoms in total. The van der Waals surface area contributed by atoms with Gasteiger partial charge in [0.1, 0.15) is 5.84 Å². The molecule has 0 aromatic carbocycles. The number of nitrogens with one attached hydrogen (secondary N) is 1. The summed E-state index contributed by atoms with van der Waals surface area (Å²) in [4.78, 5) is 4.46. The van der Waals surface area contributed by atoms with Crippen LogP contribution in [0.25, 0.3) is 0 Å². The highest BCUT2D eigenvalue weighted by Gasteiger charge is 2.20. The third-order valence-electron chi connectivity index (χ3n) is 2.29. The molecule has 3 N–H and O–H groups in total. The lowest BCUT2D eigenvalue weighted by molar-refractivity contribution is 0.675. The first-order valence-corrected chi connectivity index (χ1v) is 4.78. The summed E-state index contributed by atoms with van der Waals surface area (Å²) in [6.07, 6.45) is 5.14. The van der Waals surface area contributed by atoms with E-state index in [0.717, 1.165) is 5.84 Å². The number of nitrogens with zero attached hydrogens (tertiary/aromatic N) is 1. The predicted octanol–water partition coefficient (Wildman–Crippen LogP) is 1.45. The SMILES string of the molecule is CC(C)N=C(NN)C1CCCC1. The molecule has 1 aliphatic carbocycles. The van der Waals surface area contributed by atoms with Crippen molar-refractivity contribution in [3.63, 3.8) is 0 Å². The molecule has 0 heterocycles. The van der Waals surface area contributed by atoms with Crippen molar-refractivity contribution in [3.8, 4) is 0 Å². The van der Waals surface area contributed by atoms with E-state index in [4.69, 9.17) is 5.84 Å². The molecule has 12 heavy (non-hydrogen) atoms. The minimum absolute atomic E-state index is 0.344. The molecule has 0 unspecified atom stereocenters. The van der Waals surface area contributed by atoms with Crippen LogP contribution in [-0.2, 0) is 0 Å². The quantitative estimate of drug-likeness (QED) is 0.284. The van der Waals surface area contributed by atoms with Crippen LogP contribution < -0.4 is 11.3 Å². The minimum atomic E-state index is 0.344. The molecule has 0 aromatic rings. The van der Waals surface area contributed by atoms with Crippen molar-refractivity contribution in [3.05, 3.63) is 0 Å². The topological polar surface area (TPSA) is 50.4 Å². The first kappa shape index (κ1) is 9.52. The van der Waals surface area contributed by atoms with Gasteiger partial charge in [0, 0.05) is 12.0 Å². The fourth-order valence-electron chi connectivity index (χ4n) is 1.74. The number of hydrogen-bond acceptors (Lipinski definition) is 2. The Bertz CT molecular complexity index is 157. The van der Waals surface area contributed by atoms with E-state index in [-0.39, 0.29) is 0 Å². The Morgan fingerprint density at radius 2 is 2.00 bits per heavy atom. The fourth-order valence-corrected chi connectivity index (χ4v) is 1.74. The van der Waals surface area contributed by atoms with Gasteiger partial charge in [-0.2, -0.15) is 0 Å². The summed E-state index contributed by atoms with van der Waals surface area (Å²) in [6.45, 7) is 4.15. The zero-order valence-corrected chi connectivity index (χ0v) is 8.01. The number of hydrogen-bond donors (Lipinski definition) is 2. The number of aliphatic imine (C=N–C) groups is 1. The van der Waals surface area contributed by atoms with Crippen LogP contribution in [0.2, 0.25) is 0 Å². The normalized spacial score (nSPS) is 20.5. The molecule has 0 aliphatic heterocycles. The molecule has 0 saturated heterocycles. The second kappa shape index (κ2) is 4.45. The maximum Gasteiger partial charge on any atom is 0.114 e. The summed E-state index contributed by atoms with van der Waals surface area (Å²) in [5.41, 5.74) is 2.73. The Morgan fingerprint density at radius 3 is 2.42 bits per heavy atom. The Balaban J connectivity index is 2.54. The molecule has 3 heteroatoms. The van der Waals surface area contributed by atoms with Crippen molar-refractivity contribution in [1.29, 1.82) is 0 Å². The Kier molecular flexibility index (Phi) is 3.53. The third-order valence-corrected chi connectivity index (χ3v) is 2.29. The molecular weight excluding hydrogens is 150 g/mol. The highest BCUT2D eigenvalue weighted by atomic mass is 15.3. The van der Waals surface area contributed by atoms with Gasteiger partial charge in [-0.05, 0) is 26.7 Å². The van der Waals surface area contributed by atoms with Gasteiger partial charge in [-0.25, -0.2) is 5.84 Å². The van der Waals surface area contributed by atoms with Gasteiger partial charge in [0.2, 0.25) is 0 Å². The molecule has 70 valence electrons. The van der Waals surface area contributed by atoms with Gasteiger partial charge in [0.05, 0.1) is 0 Å². The molecule has 1 fully saturated rings. The second-order valence-electron chi connectivity index (χ2n) is 3.73. The predicted molar refractivity (Wildman–Crippen MR) is 51.9 cm³/mol. The van der Waals surface area contributed by atoms with E-state index in [1.807, 2.05) is 0 Å². The molecule has 0 radical (unpaired) electrons. The lowest BCUT2D eigenvalue weighted by Crippen LogP contribution is -2.36. The first-order valence-electron chi connectivity index (χ1n) is 4.78.